The molecule has 3 amide bonds. The molecule has 1 N–H and O–H groups in total. The highest BCUT2D eigenvalue weighted by atomic mass is 19.3. The number of rotatable bonds is 6. The molecule has 3 rings (SSSR count). The SMILES string of the molecule is COc1cc(/C=N\N2C(=O)NC3(CCCCC3)C2=O)cc(OC)c1OC(F)F. The van der Waals surface area contributed by atoms with Gasteiger partial charge in [-0.2, -0.15) is 13.9 Å². The summed E-state index contributed by atoms with van der Waals surface area (Å²) in [5, 5.41) is 7.54. The van der Waals surface area contributed by atoms with E-state index in [0.29, 0.717) is 18.4 Å². The minimum atomic E-state index is -3.06. The molecule has 28 heavy (non-hydrogen) atoms. The second-order valence-electron chi connectivity index (χ2n) is 6.57. The zero-order chi connectivity index (χ0) is 20.3. The van der Waals surface area contributed by atoms with Crippen molar-refractivity contribution in [2.75, 3.05) is 14.2 Å². The maximum atomic E-state index is 12.7. The van der Waals surface area contributed by atoms with Crippen molar-refractivity contribution in [2.24, 2.45) is 5.10 Å². The normalized spacial score (nSPS) is 18.8. The molecule has 8 nitrogen and oxygen atoms in total. The van der Waals surface area contributed by atoms with Crippen LogP contribution in [0.15, 0.2) is 17.2 Å². The number of methoxy groups -OCH3 is 2. The van der Waals surface area contributed by atoms with Gasteiger partial charge >= 0.3 is 12.6 Å². The summed E-state index contributed by atoms with van der Waals surface area (Å²) in [5.41, 5.74) is -0.502. The fourth-order valence-electron chi connectivity index (χ4n) is 3.51. The minimum absolute atomic E-state index is 0.00190. The molecule has 0 atom stereocenters. The number of alkyl halides is 2. The Morgan fingerprint density at radius 1 is 1.14 bits per heavy atom. The number of hydrazone groups is 1. The number of carbonyl (C=O) groups is 2. The van der Waals surface area contributed by atoms with Crippen LogP contribution in [0.2, 0.25) is 0 Å². The number of nitrogens with zero attached hydrogens (tertiary/aromatic N) is 2. The van der Waals surface area contributed by atoms with Gasteiger partial charge in [0.2, 0.25) is 5.75 Å². The Bertz CT molecular complexity index is 768. The Morgan fingerprint density at radius 2 is 1.75 bits per heavy atom. The van der Waals surface area contributed by atoms with Crippen molar-refractivity contribution < 1.29 is 32.6 Å². The van der Waals surface area contributed by atoms with Crippen LogP contribution in [0.25, 0.3) is 0 Å². The van der Waals surface area contributed by atoms with Crippen LogP contribution in [0.3, 0.4) is 0 Å². The molecule has 1 spiro atoms. The largest absolute Gasteiger partial charge is 0.493 e. The average Bonchev–Trinajstić information content (AvgIpc) is 2.90. The molecule has 1 aromatic carbocycles. The van der Waals surface area contributed by atoms with Gasteiger partial charge in [0.15, 0.2) is 11.5 Å². The van der Waals surface area contributed by atoms with Crippen LogP contribution in [0.5, 0.6) is 17.2 Å². The van der Waals surface area contributed by atoms with E-state index in [-0.39, 0.29) is 23.2 Å². The summed E-state index contributed by atoms with van der Waals surface area (Å²) in [7, 11) is 2.58. The highest BCUT2D eigenvalue weighted by Crippen LogP contribution is 2.39. The van der Waals surface area contributed by atoms with Crippen LogP contribution in [0, 0.1) is 0 Å². The van der Waals surface area contributed by atoms with E-state index in [9.17, 15) is 18.4 Å². The molecule has 1 aromatic rings. The first-order chi connectivity index (χ1) is 13.4. The monoisotopic (exact) mass is 397 g/mol. The van der Waals surface area contributed by atoms with E-state index in [1.807, 2.05) is 0 Å². The van der Waals surface area contributed by atoms with Crippen LogP contribution >= 0.6 is 0 Å². The molecule has 2 aliphatic rings. The Hall–Kier alpha value is -2.91. The van der Waals surface area contributed by atoms with Crippen LogP contribution in [-0.2, 0) is 4.79 Å². The molecule has 2 fully saturated rings. The van der Waals surface area contributed by atoms with Crippen LogP contribution in [0.1, 0.15) is 37.7 Å². The molecule has 1 heterocycles. The van der Waals surface area contributed by atoms with E-state index in [0.717, 1.165) is 24.3 Å². The third kappa shape index (κ3) is 3.71. The fourth-order valence-corrected chi connectivity index (χ4v) is 3.51. The van der Waals surface area contributed by atoms with Gasteiger partial charge in [-0.05, 0) is 25.0 Å². The number of carbonyl (C=O) groups excluding carboxylic acids is 2. The molecule has 0 radical (unpaired) electrons. The van der Waals surface area contributed by atoms with Crippen molar-refractivity contribution in [1.82, 2.24) is 10.3 Å². The van der Waals surface area contributed by atoms with E-state index in [1.54, 1.807) is 0 Å². The van der Waals surface area contributed by atoms with E-state index >= 15 is 0 Å². The number of amides is 3. The first-order valence-electron chi connectivity index (χ1n) is 8.82. The van der Waals surface area contributed by atoms with E-state index in [4.69, 9.17) is 9.47 Å². The summed E-state index contributed by atoms with van der Waals surface area (Å²) in [6.45, 7) is -3.06. The highest BCUT2D eigenvalue weighted by molar-refractivity contribution is 6.07. The van der Waals surface area contributed by atoms with Gasteiger partial charge in [0.05, 0.1) is 20.4 Å². The maximum absolute atomic E-state index is 12.7. The molecule has 0 bridgehead atoms. The summed E-state index contributed by atoms with van der Waals surface area (Å²) >= 11 is 0. The van der Waals surface area contributed by atoms with Crippen molar-refractivity contribution in [2.45, 2.75) is 44.3 Å². The van der Waals surface area contributed by atoms with Crippen LogP contribution < -0.4 is 19.5 Å². The lowest BCUT2D eigenvalue weighted by atomic mass is 9.82. The van der Waals surface area contributed by atoms with Gasteiger partial charge in [-0.25, -0.2) is 4.79 Å². The standard InChI is InChI=1S/C18H21F2N3O5/c1-26-12-8-11(9-13(27-2)14(12)28-16(19)20)10-21-23-15(24)18(22-17(23)25)6-4-3-5-7-18/h8-10,16H,3-7H2,1-2H3,(H,22,25)/b21-10-. The number of ether oxygens (including phenoxy) is 3. The van der Waals surface area contributed by atoms with Crippen molar-refractivity contribution in [1.29, 1.82) is 0 Å². The minimum Gasteiger partial charge on any atom is -0.493 e. The molecule has 1 saturated heterocycles. The van der Waals surface area contributed by atoms with Crippen LogP contribution in [-0.4, -0.2) is 49.5 Å². The van der Waals surface area contributed by atoms with E-state index < -0.39 is 18.2 Å². The lowest BCUT2D eigenvalue weighted by Gasteiger charge is -2.29. The molecular weight excluding hydrogens is 376 g/mol. The predicted octanol–water partition coefficient (Wildman–Crippen LogP) is 2.89. The number of benzene rings is 1. The Morgan fingerprint density at radius 3 is 2.29 bits per heavy atom. The van der Waals surface area contributed by atoms with Gasteiger partial charge in [-0.3, -0.25) is 4.79 Å². The van der Waals surface area contributed by atoms with E-state index in [2.05, 4.69) is 15.2 Å². The molecule has 0 unspecified atom stereocenters. The molecular formula is C18H21F2N3O5. The zero-order valence-electron chi connectivity index (χ0n) is 15.5. The molecule has 10 heteroatoms. The number of nitrogens with one attached hydrogen (secondary N) is 1. The number of hydrogen-bond acceptors (Lipinski definition) is 6. The van der Waals surface area contributed by atoms with Crippen molar-refractivity contribution in [3.63, 3.8) is 0 Å². The van der Waals surface area contributed by atoms with Gasteiger partial charge in [-0.15, -0.1) is 5.01 Å². The molecule has 1 aliphatic carbocycles. The molecule has 1 saturated carbocycles. The molecule has 152 valence electrons. The Kier molecular flexibility index (Phi) is 5.66. The smallest absolute Gasteiger partial charge is 0.387 e. The lowest BCUT2D eigenvalue weighted by molar-refractivity contribution is -0.132. The average molecular weight is 397 g/mol. The first kappa shape index (κ1) is 19.8. The van der Waals surface area contributed by atoms with Crippen molar-refractivity contribution >= 4 is 18.2 Å². The van der Waals surface area contributed by atoms with Crippen LogP contribution in [0.4, 0.5) is 13.6 Å². The molecule has 1 aliphatic heterocycles. The number of halogens is 2. The van der Waals surface area contributed by atoms with E-state index in [1.165, 1.54) is 32.6 Å². The summed E-state index contributed by atoms with van der Waals surface area (Å²) < 4.78 is 39.8. The summed E-state index contributed by atoms with van der Waals surface area (Å²) in [4.78, 5) is 24.9. The lowest BCUT2D eigenvalue weighted by Crippen LogP contribution is -2.48. The third-order valence-corrected chi connectivity index (χ3v) is 4.86. The van der Waals surface area contributed by atoms with Gasteiger partial charge in [0.1, 0.15) is 5.54 Å². The first-order valence-corrected chi connectivity index (χ1v) is 8.82. The summed E-state index contributed by atoms with van der Waals surface area (Å²) in [6, 6.07) is 2.19. The fraction of sp³-hybridized carbons (Fsp3) is 0.500. The third-order valence-electron chi connectivity index (χ3n) is 4.86. The topological polar surface area (TPSA) is 89.5 Å². The summed E-state index contributed by atoms with van der Waals surface area (Å²) in [5.74, 6) is -0.637. The highest BCUT2D eigenvalue weighted by Gasteiger charge is 2.51. The molecule has 0 aromatic heterocycles. The van der Waals surface area contributed by atoms with Gasteiger partial charge < -0.3 is 19.5 Å². The summed E-state index contributed by atoms with van der Waals surface area (Å²) in [6.07, 6.45) is 5.19. The Labute approximate surface area is 160 Å². The number of imide groups is 1. The van der Waals surface area contributed by atoms with Gasteiger partial charge in [-0.1, -0.05) is 19.3 Å². The number of hydrogen-bond donors (Lipinski definition) is 1. The number of urea groups is 1. The maximum Gasteiger partial charge on any atom is 0.387 e. The van der Waals surface area contributed by atoms with Crippen molar-refractivity contribution in [3.05, 3.63) is 17.7 Å². The quantitative estimate of drug-likeness (QED) is 0.589. The predicted molar refractivity (Wildman–Crippen MR) is 95.0 cm³/mol. The van der Waals surface area contributed by atoms with Gasteiger partial charge in [0, 0.05) is 5.56 Å². The van der Waals surface area contributed by atoms with Crippen molar-refractivity contribution in [3.8, 4) is 17.2 Å². The zero-order valence-corrected chi connectivity index (χ0v) is 15.5. The second kappa shape index (κ2) is 7.99. The second-order valence-corrected chi connectivity index (χ2v) is 6.57. The van der Waals surface area contributed by atoms with Gasteiger partial charge in [0.25, 0.3) is 5.91 Å². The Balaban J connectivity index is 1.85.